The molecule has 0 N–H and O–H groups in total. The molecular formula is C45H35IrN3-2. The van der Waals surface area contributed by atoms with Crippen molar-refractivity contribution in [3.05, 3.63) is 181 Å². The molecule has 0 aliphatic heterocycles. The molecule has 8 aromatic rings. The molecule has 0 aliphatic carbocycles. The average Bonchev–Trinajstić information content (AvgIpc) is 3.53. The van der Waals surface area contributed by atoms with Crippen LogP contribution in [0.5, 0.6) is 0 Å². The largest absolute Gasteiger partial charge is 0.367 e. The zero-order chi connectivity index (χ0) is 32.9. The molecule has 0 spiro atoms. The zero-order valence-electron chi connectivity index (χ0n) is 27.7. The molecule has 0 atom stereocenters. The Bertz CT molecular complexity index is 2290. The van der Waals surface area contributed by atoms with Crippen LogP contribution in [-0.2, 0) is 27.2 Å². The van der Waals surface area contributed by atoms with E-state index in [1.54, 1.807) is 0 Å². The fourth-order valence-corrected chi connectivity index (χ4v) is 6.09. The van der Waals surface area contributed by atoms with E-state index in [2.05, 4.69) is 151 Å². The van der Waals surface area contributed by atoms with Crippen molar-refractivity contribution in [2.45, 2.75) is 13.8 Å². The number of imidazole rings is 1. The van der Waals surface area contributed by atoms with Gasteiger partial charge in [0.25, 0.3) is 0 Å². The monoisotopic (exact) mass is 810 g/mol. The molecule has 0 fully saturated rings. The van der Waals surface area contributed by atoms with Crippen molar-refractivity contribution < 1.29 is 20.1 Å². The van der Waals surface area contributed by atoms with Crippen LogP contribution in [0.25, 0.3) is 66.9 Å². The Morgan fingerprint density at radius 2 is 1.14 bits per heavy atom. The Labute approximate surface area is 302 Å². The predicted molar refractivity (Wildman–Crippen MR) is 199 cm³/mol. The number of rotatable bonds is 5. The van der Waals surface area contributed by atoms with Gasteiger partial charge in [-0.1, -0.05) is 114 Å². The first kappa shape index (κ1) is 33.5. The second-order valence-electron chi connectivity index (χ2n) is 12.0. The van der Waals surface area contributed by atoms with E-state index in [4.69, 9.17) is 0 Å². The number of benzene rings is 6. The van der Waals surface area contributed by atoms with Crippen LogP contribution in [-0.4, -0.2) is 14.5 Å². The van der Waals surface area contributed by atoms with Gasteiger partial charge in [-0.25, -0.2) is 0 Å². The van der Waals surface area contributed by atoms with E-state index in [0.29, 0.717) is 0 Å². The normalized spacial score (nSPS) is 10.6. The molecule has 0 bridgehead atoms. The van der Waals surface area contributed by atoms with Gasteiger partial charge in [0.1, 0.15) is 0 Å². The third kappa shape index (κ3) is 7.68. The molecule has 0 saturated heterocycles. The van der Waals surface area contributed by atoms with Gasteiger partial charge in [-0.2, -0.15) is 0 Å². The summed E-state index contributed by atoms with van der Waals surface area (Å²) < 4.78 is 2.12. The number of fused-ring (bicyclic) bond motifs is 1. The van der Waals surface area contributed by atoms with Crippen molar-refractivity contribution in [1.29, 1.82) is 0 Å². The molecule has 2 heterocycles. The van der Waals surface area contributed by atoms with Crippen molar-refractivity contribution in [2.24, 2.45) is 7.05 Å². The molecule has 1 radical (unpaired) electrons. The molecule has 0 saturated carbocycles. The summed E-state index contributed by atoms with van der Waals surface area (Å²) in [4.78, 5) is 9.18. The first-order valence-electron chi connectivity index (χ1n) is 16.1. The Morgan fingerprint density at radius 1 is 0.490 bits per heavy atom. The minimum atomic E-state index is 0. The molecule has 2 aromatic heterocycles. The van der Waals surface area contributed by atoms with Gasteiger partial charge >= 0.3 is 0 Å². The summed E-state index contributed by atoms with van der Waals surface area (Å²) in [7, 11) is 2.05. The van der Waals surface area contributed by atoms with Crippen LogP contribution in [0, 0.1) is 26.0 Å². The standard InChI is InChI=1S/C24H21N2.C21H14N.Ir/c1-17-13-18(2)15-22(14-17)19-9-11-20(12-10-19)23-16-25-24(26(23)3)21-7-5-4-6-8-21;1-2-7-16(8-3-1)17-11-6-12-19(13-17)21-14-18-9-4-5-10-20(18)15-22-21;/h4-7,9-16H,1-3H3;1-11,13-15H;/q2*-1;. The molecule has 0 aliphatic rings. The molecule has 6 aromatic carbocycles. The molecule has 241 valence electrons. The van der Waals surface area contributed by atoms with Crippen LogP contribution in [0.2, 0.25) is 0 Å². The summed E-state index contributed by atoms with van der Waals surface area (Å²) >= 11 is 0. The van der Waals surface area contributed by atoms with E-state index in [9.17, 15) is 0 Å². The minimum absolute atomic E-state index is 0. The van der Waals surface area contributed by atoms with Crippen LogP contribution in [0.4, 0.5) is 0 Å². The molecular weight excluding hydrogens is 775 g/mol. The van der Waals surface area contributed by atoms with Gasteiger partial charge in [0.2, 0.25) is 0 Å². The van der Waals surface area contributed by atoms with Crippen LogP contribution in [0.3, 0.4) is 0 Å². The molecule has 3 nitrogen and oxygen atoms in total. The summed E-state index contributed by atoms with van der Waals surface area (Å²) in [5, 5.41) is 2.36. The van der Waals surface area contributed by atoms with Crippen LogP contribution in [0.1, 0.15) is 11.1 Å². The first-order chi connectivity index (χ1) is 23.5. The van der Waals surface area contributed by atoms with Crippen molar-refractivity contribution in [2.75, 3.05) is 0 Å². The fourth-order valence-electron chi connectivity index (χ4n) is 6.09. The molecule has 49 heavy (non-hydrogen) atoms. The maximum atomic E-state index is 4.60. The Kier molecular flexibility index (Phi) is 10.4. The van der Waals surface area contributed by atoms with E-state index in [0.717, 1.165) is 39.3 Å². The van der Waals surface area contributed by atoms with E-state index < -0.39 is 0 Å². The van der Waals surface area contributed by atoms with Gasteiger partial charge in [-0.15, -0.1) is 71.3 Å². The van der Waals surface area contributed by atoms with Gasteiger partial charge in [0.05, 0.1) is 11.5 Å². The third-order valence-electron chi connectivity index (χ3n) is 8.49. The molecule has 0 unspecified atom stereocenters. The van der Waals surface area contributed by atoms with Crippen molar-refractivity contribution in [1.82, 2.24) is 14.5 Å². The van der Waals surface area contributed by atoms with E-state index in [-0.39, 0.29) is 20.1 Å². The maximum Gasteiger partial charge on any atom is 0.0587 e. The Balaban J connectivity index is 0.000000169. The van der Waals surface area contributed by atoms with Gasteiger partial charge in [-0.05, 0) is 52.6 Å². The van der Waals surface area contributed by atoms with E-state index in [1.165, 1.54) is 38.8 Å². The Hall–Kier alpha value is -5.41. The minimum Gasteiger partial charge on any atom is -0.367 e. The van der Waals surface area contributed by atoms with E-state index >= 15 is 0 Å². The number of nitrogens with zero attached hydrogens (tertiary/aromatic N) is 3. The predicted octanol–water partition coefficient (Wildman–Crippen LogP) is 11.2. The smallest absolute Gasteiger partial charge is 0.0587 e. The number of aromatic nitrogens is 3. The summed E-state index contributed by atoms with van der Waals surface area (Å²) in [6.45, 7) is 4.28. The summed E-state index contributed by atoms with van der Waals surface area (Å²) in [6, 6.07) is 56.8. The summed E-state index contributed by atoms with van der Waals surface area (Å²) in [6.07, 6.45) is 3.86. The molecule has 4 heteroatoms. The number of hydrogen-bond donors (Lipinski definition) is 0. The second-order valence-corrected chi connectivity index (χ2v) is 12.0. The topological polar surface area (TPSA) is 30.7 Å². The van der Waals surface area contributed by atoms with Gasteiger partial charge in [0.15, 0.2) is 0 Å². The average molecular weight is 810 g/mol. The quantitative estimate of drug-likeness (QED) is 0.162. The SMILES string of the molecule is Cc1cc(C)cc(-c2ccc(-c3cnc(-c4[c-]cccc4)n3C)cc2)c1.[Ir].[c-]1ccc(-c2ccccc2)cc1-c1cc2ccccc2cn1. The van der Waals surface area contributed by atoms with Gasteiger partial charge < -0.3 is 9.55 Å². The third-order valence-corrected chi connectivity index (χ3v) is 8.49. The molecule has 8 rings (SSSR count). The van der Waals surface area contributed by atoms with Crippen LogP contribution >= 0.6 is 0 Å². The van der Waals surface area contributed by atoms with Crippen molar-refractivity contribution in [3.63, 3.8) is 0 Å². The zero-order valence-corrected chi connectivity index (χ0v) is 30.1. The van der Waals surface area contributed by atoms with Gasteiger partial charge in [0, 0.05) is 39.5 Å². The van der Waals surface area contributed by atoms with Crippen molar-refractivity contribution >= 4 is 10.8 Å². The number of pyridine rings is 1. The van der Waals surface area contributed by atoms with Crippen molar-refractivity contribution in [3.8, 4) is 56.2 Å². The molecule has 0 amide bonds. The first-order valence-corrected chi connectivity index (χ1v) is 16.1. The summed E-state index contributed by atoms with van der Waals surface area (Å²) in [5.74, 6) is 0.930. The van der Waals surface area contributed by atoms with Crippen LogP contribution < -0.4 is 0 Å². The van der Waals surface area contributed by atoms with E-state index in [1.807, 2.05) is 54.9 Å². The maximum absolute atomic E-state index is 4.60. The Morgan fingerprint density at radius 3 is 1.88 bits per heavy atom. The van der Waals surface area contributed by atoms with Crippen LogP contribution in [0.15, 0.2) is 158 Å². The van der Waals surface area contributed by atoms with Gasteiger partial charge in [-0.3, -0.25) is 4.98 Å². The fraction of sp³-hybridized carbons (Fsp3) is 0.0667. The number of aryl methyl sites for hydroxylation is 2. The second kappa shape index (κ2) is 15.2. The number of hydrogen-bond acceptors (Lipinski definition) is 2. The summed E-state index contributed by atoms with van der Waals surface area (Å²) in [5.41, 5.74) is 12.7.